The summed E-state index contributed by atoms with van der Waals surface area (Å²) in [6.07, 6.45) is 1.56. The van der Waals surface area contributed by atoms with Crippen LogP contribution in [-0.4, -0.2) is 23.4 Å². The first-order chi connectivity index (χ1) is 6.52. The molecule has 0 aliphatic heterocycles. The maximum absolute atomic E-state index is 11.7. The smallest absolute Gasteiger partial charge is 0.223 e. The molecule has 3 heteroatoms. The summed E-state index contributed by atoms with van der Waals surface area (Å²) < 4.78 is 0. The third-order valence-corrected chi connectivity index (χ3v) is 2.40. The van der Waals surface area contributed by atoms with Crippen LogP contribution in [0, 0.1) is 17.2 Å². The molecule has 0 spiro atoms. The Morgan fingerprint density at radius 1 is 1.43 bits per heavy atom. The van der Waals surface area contributed by atoms with E-state index in [9.17, 15) is 4.79 Å². The molecule has 0 aromatic carbocycles. The lowest BCUT2D eigenvalue weighted by Gasteiger charge is -2.25. The summed E-state index contributed by atoms with van der Waals surface area (Å²) in [5.41, 5.74) is 0. The fraction of sp³-hybridized carbons (Fsp3) is 0.818. The molecule has 0 bridgehead atoms. The second-order valence-corrected chi connectivity index (χ2v) is 3.99. The van der Waals surface area contributed by atoms with E-state index >= 15 is 0 Å². The SMILES string of the molecule is CCC(C)CC(=O)N(CC#N)C(C)C. The number of hydrogen-bond donors (Lipinski definition) is 0. The van der Waals surface area contributed by atoms with Crippen molar-refractivity contribution in [3.8, 4) is 6.07 Å². The van der Waals surface area contributed by atoms with Gasteiger partial charge in [-0.3, -0.25) is 4.79 Å². The van der Waals surface area contributed by atoms with Gasteiger partial charge in [0.1, 0.15) is 6.54 Å². The molecule has 0 radical (unpaired) electrons. The van der Waals surface area contributed by atoms with Gasteiger partial charge in [-0.05, 0) is 19.8 Å². The normalized spacial score (nSPS) is 12.3. The third kappa shape index (κ3) is 4.27. The number of carbonyl (C=O) groups excluding carboxylic acids is 1. The molecule has 0 aliphatic carbocycles. The Labute approximate surface area is 86.7 Å². The fourth-order valence-corrected chi connectivity index (χ4v) is 1.19. The summed E-state index contributed by atoms with van der Waals surface area (Å²) in [6, 6.07) is 2.14. The molecule has 1 amide bonds. The van der Waals surface area contributed by atoms with E-state index in [1.165, 1.54) is 0 Å². The highest BCUT2D eigenvalue weighted by Crippen LogP contribution is 2.10. The van der Waals surface area contributed by atoms with Crippen LogP contribution in [0.3, 0.4) is 0 Å². The van der Waals surface area contributed by atoms with Crippen LogP contribution in [0.1, 0.15) is 40.5 Å². The largest absolute Gasteiger partial charge is 0.327 e. The molecule has 0 saturated carbocycles. The molecule has 1 atom stereocenters. The predicted molar refractivity (Wildman–Crippen MR) is 56.5 cm³/mol. The van der Waals surface area contributed by atoms with Gasteiger partial charge in [-0.2, -0.15) is 5.26 Å². The molecule has 80 valence electrons. The summed E-state index contributed by atoms with van der Waals surface area (Å²) in [5, 5.41) is 8.58. The van der Waals surface area contributed by atoms with Gasteiger partial charge in [-0.15, -0.1) is 0 Å². The first-order valence-electron chi connectivity index (χ1n) is 5.19. The molecule has 0 aliphatic rings. The molecule has 0 heterocycles. The van der Waals surface area contributed by atoms with Gasteiger partial charge >= 0.3 is 0 Å². The van der Waals surface area contributed by atoms with Crippen molar-refractivity contribution < 1.29 is 4.79 Å². The number of nitrogens with zero attached hydrogens (tertiary/aromatic N) is 2. The van der Waals surface area contributed by atoms with Crippen molar-refractivity contribution in [2.24, 2.45) is 5.92 Å². The van der Waals surface area contributed by atoms with Gasteiger partial charge in [0, 0.05) is 12.5 Å². The van der Waals surface area contributed by atoms with Crippen LogP contribution in [0.25, 0.3) is 0 Å². The van der Waals surface area contributed by atoms with Crippen molar-refractivity contribution in [3.05, 3.63) is 0 Å². The summed E-state index contributed by atoms with van der Waals surface area (Å²) in [5.74, 6) is 0.498. The van der Waals surface area contributed by atoms with Gasteiger partial charge in [0.05, 0.1) is 6.07 Å². The highest BCUT2D eigenvalue weighted by atomic mass is 16.2. The minimum Gasteiger partial charge on any atom is -0.327 e. The highest BCUT2D eigenvalue weighted by Gasteiger charge is 2.17. The van der Waals surface area contributed by atoms with Gasteiger partial charge in [0.25, 0.3) is 0 Å². The van der Waals surface area contributed by atoms with E-state index in [-0.39, 0.29) is 18.5 Å². The summed E-state index contributed by atoms with van der Waals surface area (Å²) in [6.45, 7) is 8.20. The van der Waals surface area contributed by atoms with E-state index in [1.807, 2.05) is 19.9 Å². The van der Waals surface area contributed by atoms with Crippen LogP contribution in [0.15, 0.2) is 0 Å². The van der Waals surface area contributed by atoms with E-state index in [2.05, 4.69) is 13.8 Å². The van der Waals surface area contributed by atoms with E-state index < -0.39 is 0 Å². The van der Waals surface area contributed by atoms with Crippen molar-refractivity contribution >= 4 is 5.91 Å². The summed E-state index contributed by atoms with van der Waals surface area (Å²) in [4.78, 5) is 13.3. The van der Waals surface area contributed by atoms with Gasteiger partial charge in [-0.1, -0.05) is 20.3 Å². The predicted octanol–water partition coefficient (Wildman–Crippen LogP) is 2.18. The Morgan fingerprint density at radius 2 is 2.00 bits per heavy atom. The van der Waals surface area contributed by atoms with Crippen LogP contribution in [0.4, 0.5) is 0 Å². The van der Waals surface area contributed by atoms with Crippen LogP contribution >= 0.6 is 0 Å². The van der Waals surface area contributed by atoms with Crippen LogP contribution in [-0.2, 0) is 4.79 Å². The number of carbonyl (C=O) groups is 1. The average molecular weight is 196 g/mol. The molecule has 0 aromatic rings. The molecule has 0 N–H and O–H groups in total. The van der Waals surface area contributed by atoms with Gasteiger partial charge in [-0.25, -0.2) is 0 Å². The van der Waals surface area contributed by atoms with Crippen molar-refractivity contribution in [3.63, 3.8) is 0 Å². The summed E-state index contributed by atoms with van der Waals surface area (Å²) >= 11 is 0. The average Bonchev–Trinajstić information content (AvgIpc) is 2.13. The minimum atomic E-state index is 0.0934. The number of hydrogen-bond acceptors (Lipinski definition) is 2. The quantitative estimate of drug-likeness (QED) is 0.633. The summed E-state index contributed by atoms with van der Waals surface area (Å²) in [7, 11) is 0. The van der Waals surface area contributed by atoms with Crippen LogP contribution in [0.2, 0.25) is 0 Å². The van der Waals surface area contributed by atoms with Crippen LogP contribution in [0.5, 0.6) is 0 Å². The van der Waals surface area contributed by atoms with Gasteiger partial charge in [0.2, 0.25) is 5.91 Å². The Morgan fingerprint density at radius 3 is 2.36 bits per heavy atom. The molecular weight excluding hydrogens is 176 g/mol. The lowest BCUT2D eigenvalue weighted by molar-refractivity contribution is -0.133. The van der Waals surface area contributed by atoms with Crippen LogP contribution < -0.4 is 0 Å². The molecule has 1 unspecified atom stereocenters. The first-order valence-corrected chi connectivity index (χ1v) is 5.19. The third-order valence-electron chi connectivity index (χ3n) is 2.40. The minimum absolute atomic E-state index is 0.0934. The fourth-order valence-electron chi connectivity index (χ4n) is 1.19. The first kappa shape index (κ1) is 13.0. The number of rotatable bonds is 5. The molecule has 3 nitrogen and oxygen atoms in total. The Balaban J connectivity index is 4.24. The molecule has 0 aromatic heterocycles. The Hall–Kier alpha value is -1.04. The zero-order valence-electron chi connectivity index (χ0n) is 9.58. The highest BCUT2D eigenvalue weighted by molar-refractivity contribution is 5.76. The molecule has 14 heavy (non-hydrogen) atoms. The van der Waals surface area contributed by atoms with Crippen molar-refractivity contribution in [1.82, 2.24) is 4.90 Å². The van der Waals surface area contributed by atoms with Gasteiger partial charge in [0.15, 0.2) is 0 Å². The van der Waals surface area contributed by atoms with E-state index in [1.54, 1.807) is 4.90 Å². The van der Waals surface area contributed by atoms with Gasteiger partial charge < -0.3 is 4.90 Å². The number of amides is 1. The maximum Gasteiger partial charge on any atom is 0.223 e. The van der Waals surface area contributed by atoms with Crippen molar-refractivity contribution in [1.29, 1.82) is 5.26 Å². The van der Waals surface area contributed by atoms with E-state index in [4.69, 9.17) is 5.26 Å². The lowest BCUT2D eigenvalue weighted by Crippen LogP contribution is -2.37. The lowest BCUT2D eigenvalue weighted by atomic mass is 10.0. The van der Waals surface area contributed by atoms with Crippen molar-refractivity contribution in [2.45, 2.75) is 46.6 Å². The topological polar surface area (TPSA) is 44.1 Å². The second-order valence-electron chi connectivity index (χ2n) is 3.99. The molecule has 0 fully saturated rings. The molecular formula is C11H20N2O. The Kier molecular flexibility index (Phi) is 5.94. The maximum atomic E-state index is 11.7. The molecule has 0 rings (SSSR count). The zero-order chi connectivity index (χ0) is 11.1. The Bertz CT molecular complexity index is 218. The number of nitriles is 1. The zero-order valence-corrected chi connectivity index (χ0v) is 9.58. The van der Waals surface area contributed by atoms with E-state index in [0.29, 0.717) is 12.3 Å². The van der Waals surface area contributed by atoms with E-state index in [0.717, 1.165) is 6.42 Å². The second kappa shape index (κ2) is 6.42. The standard InChI is InChI=1S/C11H20N2O/c1-5-10(4)8-11(14)13(7-6-12)9(2)3/h9-10H,5,7-8H2,1-4H3. The molecule has 0 saturated heterocycles. The monoisotopic (exact) mass is 196 g/mol. The van der Waals surface area contributed by atoms with Crippen molar-refractivity contribution in [2.75, 3.05) is 6.54 Å².